The second kappa shape index (κ2) is 7.72. The van der Waals surface area contributed by atoms with E-state index in [-0.39, 0.29) is 11.7 Å². The lowest BCUT2D eigenvalue weighted by Crippen LogP contribution is -2.49. The summed E-state index contributed by atoms with van der Waals surface area (Å²) in [5, 5.41) is 0. The number of halogens is 1. The molecule has 0 unspecified atom stereocenters. The fourth-order valence-electron chi connectivity index (χ4n) is 3.60. The van der Waals surface area contributed by atoms with E-state index >= 15 is 0 Å². The maximum absolute atomic E-state index is 13.0. The van der Waals surface area contributed by atoms with Gasteiger partial charge < -0.3 is 14.4 Å². The van der Waals surface area contributed by atoms with Gasteiger partial charge in [-0.25, -0.2) is 8.70 Å². The van der Waals surface area contributed by atoms with Gasteiger partial charge in [0.25, 0.3) is 0 Å². The van der Waals surface area contributed by atoms with Crippen molar-refractivity contribution >= 4 is 17.9 Å². The number of likely N-dealkylation sites (tertiary alicyclic amines) is 1. The van der Waals surface area contributed by atoms with Gasteiger partial charge >= 0.3 is 0 Å². The van der Waals surface area contributed by atoms with Crippen molar-refractivity contribution < 1.29 is 18.7 Å². The molecular formula is C22H21FN2O3S. The molecular weight excluding hydrogens is 391 g/mol. The molecule has 5 nitrogen and oxygen atoms in total. The van der Waals surface area contributed by atoms with E-state index in [9.17, 15) is 9.18 Å². The Hall–Kier alpha value is -2.51. The molecule has 0 aliphatic carbocycles. The quantitative estimate of drug-likeness (QED) is 0.569. The van der Waals surface area contributed by atoms with E-state index in [2.05, 4.69) is 10.4 Å². The van der Waals surface area contributed by atoms with Crippen molar-refractivity contribution in [2.45, 2.75) is 11.3 Å². The Bertz CT molecular complexity index is 961. The van der Waals surface area contributed by atoms with Crippen LogP contribution in [0.3, 0.4) is 0 Å². The normalized spacial score (nSPS) is 18.3. The van der Waals surface area contributed by atoms with Crippen molar-refractivity contribution in [3.63, 3.8) is 0 Å². The highest BCUT2D eigenvalue weighted by atomic mass is 32.2. The molecule has 2 aromatic carbocycles. The highest BCUT2D eigenvalue weighted by Crippen LogP contribution is 2.38. The lowest BCUT2D eigenvalue weighted by atomic mass is 9.96. The molecule has 0 atom stereocenters. The van der Waals surface area contributed by atoms with Crippen LogP contribution in [0.5, 0.6) is 11.5 Å². The number of benzene rings is 2. The minimum Gasteiger partial charge on any atom is -0.486 e. The van der Waals surface area contributed by atoms with Gasteiger partial charge in [-0.15, -0.1) is 0 Å². The Morgan fingerprint density at radius 2 is 1.62 bits per heavy atom. The average Bonchev–Trinajstić information content (AvgIpc) is 2.66. The van der Waals surface area contributed by atoms with Crippen molar-refractivity contribution in [2.24, 2.45) is 0 Å². The lowest BCUT2D eigenvalue weighted by Gasteiger charge is -2.42. The average molecular weight is 412 g/mol. The van der Waals surface area contributed by atoms with Gasteiger partial charge in [0.2, 0.25) is 5.91 Å². The standard InChI is InChI=1S/C22H21FN2O3S/c23-18-3-1-15(2-4-18)9-22(26)24-11-16(12-24)17-13-25(14-17)29-19-5-6-20-21(10-19)28-8-7-27-20/h1-6,10H,7-9,11-14H2. The van der Waals surface area contributed by atoms with Crippen molar-refractivity contribution in [3.05, 3.63) is 65.0 Å². The fourth-order valence-corrected chi connectivity index (χ4v) is 4.63. The third-order valence-electron chi connectivity index (χ3n) is 5.37. The molecule has 0 N–H and O–H groups in total. The highest BCUT2D eigenvalue weighted by Gasteiger charge is 2.32. The van der Waals surface area contributed by atoms with Gasteiger partial charge in [0, 0.05) is 31.1 Å². The molecule has 3 aliphatic rings. The maximum atomic E-state index is 13.0. The summed E-state index contributed by atoms with van der Waals surface area (Å²) in [6.45, 7) is 4.49. The van der Waals surface area contributed by atoms with Crippen molar-refractivity contribution in [3.8, 4) is 11.5 Å². The summed E-state index contributed by atoms with van der Waals surface area (Å²) < 4.78 is 26.5. The Morgan fingerprint density at radius 1 is 0.931 bits per heavy atom. The van der Waals surface area contributed by atoms with E-state index in [1.165, 1.54) is 23.3 Å². The van der Waals surface area contributed by atoms with Crippen LogP contribution in [0.4, 0.5) is 4.39 Å². The van der Waals surface area contributed by atoms with E-state index < -0.39 is 0 Å². The molecule has 3 heterocycles. The Kier molecular flexibility index (Phi) is 4.93. The molecule has 2 fully saturated rings. The first-order valence-electron chi connectivity index (χ1n) is 9.68. The van der Waals surface area contributed by atoms with Gasteiger partial charge in [0.1, 0.15) is 19.0 Å². The molecule has 3 aliphatic heterocycles. The minimum absolute atomic E-state index is 0.0998. The molecule has 0 saturated carbocycles. The zero-order valence-electron chi connectivity index (χ0n) is 15.9. The number of hydrogen-bond acceptors (Lipinski definition) is 5. The van der Waals surface area contributed by atoms with Crippen molar-refractivity contribution in [1.82, 2.24) is 9.21 Å². The maximum Gasteiger partial charge on any atom is 0.227 e. The van der Waals surface area contributed by atoms with E-state index in [1.54, 1.807) is 24.1 Å². The number of hydrogen-bond donors (Lipinski definition) is 0. The van der Waals surface area contributed by atoms with Crippen LogP contribution in [0.15, 0.2) is 58.5 Å². The number of amides is 1. The van der Waals surface area contributed by atoms with Crippen LogP contribution in [-0.2, 0) is 11.2 Å². The Balaban J connectivity index is 1.10. The SMILES string of the molecule is O=C(Cc1ccc(F)cc1)N1CC(=C2CN(Sc3ccc4c(c3)OCCO4)C2)C1. The van der Waals surface area contributed by atoms with Gasteiger partial charge in [-0.05, 0) is 59.0 Å². The summed E-state index contributed by atoms with van der Waals surface area (Å²) in [5.41, 5.74) is 3.65. The molecule has 5 rings (SSSR count). The fraction of sp³-hybridized carbons (Fsp3) is 0.318. The third-order valence-corrected chi connectivity index (χ3v) is 6.35. The zero-order valence-corrected chi connectivity index (χ0v) is 16.7. The number of rotatable bonds is 4. The molecule has 0 spiro atoms. The van der Waals surface area contributed by atoms with Gasteiger partial charge in [-0.2, -0.15) is 0 Å². The smallest absolute Gasteiger partial charge is 0.227 e. The Morgan fingerprint density at radius 3 is 2.38 bits per heavy atom. The van der Waals surface area contributed by atoms with Gasteiger partial charge in [-0.1, -0.05) is 12.1 Å². The summed E-state index contributed by atoms with van der Waals surface area (Å²) in [6, 6.07) is 12.2. The first-order valence-corrected chi connectivity index (χ1v) is 10.5. The van der Waals surface area contributed by atoms with Crippen molar-refractivity contribution in [1.29, 1.82) is 0 Å². The molecule has 29 heavy (non-hydrogen) atoms. The summed E-state index contributed by atoms with van der Waals surface area (Å²) in [5.74, 6) is 1.45. The molecule has 0 bridgehead atoms. The van der Waals surface area contributed by atoms with Crippen LogP contribution < -0.4 is 9.47 Å². The predicted molar refractivity (Wildman–Crippen MR) is 109 cm³/mol. The molecule has 0 radical (unpaired) electrons. The number of carbonyl (C=O) groups is 1. The first-order chi connectivity index (χ1) is 14.1. The number of ether oxygens (including phenoxy) is 2. The predicted octanol–water partition coefficient (Wildman–Crippen LogP) is 3.30. The van der Waals surface area contributed by atoms with Crippen molar-refractivity contribution in [2.75, 3.05) is 39.4 Å². The van der Waals surface area contributed by atoms with Gasteiger partial charge in [0.05, 0.1) is 6.42 Å². The minimum atomic E-state index is -0.277. The van der Waals surface area contributed by atoms with Crippen LogP contribution in [0, 0.1) is 5.82 Å². The van der Waals surface area contributed by atoms with E-state index in [0.29, 0.717) is 19.6 Å². The van der Waals surface area contributed by atoms with Crippen LogP contribution in [0.2, 0.25) is 0 Å². The van der Waals surface area contributed by atoms with Crippen LogP contribution in [-0.4, -0.2) is 54.5 Å². The number of nitrogens with zero attached hydrogens (tertiary/aromatic N) is 2. The topological polar surface area (TPSA) is 42.0 Å². The summed E-state index contributed by atoms with van der Waals surface area (Å²) in [6.07, 6.45) is 0.328. The van der Waals surface area contributed by atoms with Gasteiger partial charge in [0.15, 0.2) is 11.5 Å². The molecule has 0 aromatic heterocycles. The molecule has 7 heteroatoms. The number of fused-ring (bicyclic) bond motifs is 1. The lowest BCUT2D eigenvalue weighted by molar-refractivity contribution is -0.131. The number of carbonyl (C=O) groups excluding carboxylic acids is 1. The summed E-state index contributed by atoms with van der Waals surface area (Å²) in [4.78, 5) is 15.4. The summed E-state index contributed by atoms with van der Waals surface area (Å²) >= 11 is 1.72. The van der Waals surface area contributed by atoms with E-state index in [4.69, 9.17) is 9.47 Å². The van der Waals surface area contributed by atoms with Crippen LogP contribution in [0.25, 0.3) is 0 Å². The van der Waals surface area contributed by atoms with Crippen LogP contribution >= 0.6 is 11.9 Å². The molecule has 1 amide bonds. The highest BCUT2D eigenvalue weighted by molar-refractivity contribution is 7.97. The monoisotopic (exact) mass is 412 g/mol. The second-order valence-electron chi connectivity index (χ2n) is 7.45. The molecule has 150 valence electrons. The van der Waals surface area contributed by atoms with Gasteiger partial charge in [-0.3, -0.25) is 4.79 Å². The van der Waals surface area contributed by atoms with E-state index in [1.807, 2.05) is 17.0 Å². The van der Waals surface area contributed by atoms with E-state index in [0.717, 1.165) is 48.1 Å². The first kappa shape index (κ1) is 18.5. The second-order valence-corrected chi connectivity index (χ2v) is 8.63. The Labute approximate surface area is 173 Å². The zero-order chi connectivity index (χ0) is 19.8. The molecule has 2 aromatic rings. The molecule has 2 saturated heterocycles. The largest absolute Gasteiger partial charge is 0.486 e. The summed E-state index contributed by atoms with van der Waals surface area (Å²) in [7, 11) is 0. The van der Waals surface area contributed by atoms with Crippen LogP contribution in [0.1, 0.15) is 5.56 Å². The third kappa shape index (κ3) is 3.97.